The molecule has 0 spiro atoms. The monoisotopic (exact) mass is 297 g/mol. The highest BCUT2D eigenvalue weighted by Gasteiger charge is 2.20. The molecular formula is C12H15N3O4S. The zero-order valence-corrected chi connectivity index (χ0v) is 11.6. The second-order valence-electron chi connectivity index (χ2n) is 4.48. The number of aromatic nitrogens is 2. The minimum atomic E-state index is -2.96. The summed E-state index contributed by atoms with van der Waals surface area (Å²) >= 11 is 0. The lowest BCUT2D eigenvalue weighted by molar-refractivity contribution is -0.131. The summed E-state index contributed by atoms with van der Waals surface area (Å²) in [5, 5.41) is 8.52. The molecule has 0 atom stereocenters. The van der Waals surface area contributed by atoms with E-state index >= 15 is 0 Å². The third-order valence-electron chi connectivity index (χ3n) is 2.91. The molecule has 0 radical (unpaired) electrons. The van der Waals surface area contributed by atoms with Crippen molar-refractivity contribution in [3.8, 4) is 0 Å². The van der Waals surface area contributed by atoms with Crippen LogP contribution in [0.25, 0.3) is 6.08 Å². The van der Waals surface area contributed by atoms with Gasteiger partial charge in [-0.05, 0) is 12.5 Å². The Kier molecular flexibility index (Phi) is 4.33. The molecule has 2 heterocycles. The predicted octanol–water partition coefficient (Wildman–Crippen LogP) is 0.199. The highest BCUT2D eigenvalue weighted by Crippen LogP contribution is 2.12. The largest absolute Gasteiger partial charge is 0.478 e. The van der Waals surface area contributed by atoms with E-state index in [1.807, 2.05) is 4.90 Å². The lowest BCUT2D eigenvalue weighted by atomic mass is 10.3. The third kappa shape index (κ3) is 4.02. The fourth-order valence-corrected chi connectivity index (χ4v) is 3.16. The highest BCUT2D eigenvalue weighted by atomic mass is 32.2. The smallest absolute Gasteiger partial charge is 0.328 e. The number of rotatable bonds is 3. The van der Waals surface area contributed by atoms with E-state index in [1.54, 1.807) is 0 Å². The standard InChI is InChI=1S/C12H15N3O4S/c16-11(17)3-2-10-8-13-12(14-9-10)15-4-1-6-20(18,19)7-5-15/h2-3,8-9H,1,4-7H2,(H,16,17)/b3-2+. The number of aliphatic carboxylic acids is 1. The van der Waals surface area contributed by atoms with Crippen LogP contribution >= 0.6 is 0 Å². The average Bonchev–Trinajstić information content (AvgIpc) is 2.58. The first kappa shape index (κ1) is 14.4. The Morgan fingerprint density at radius 1 is 1.25 bits per heavy atom. The van der Waals surface area contributed by atoms with Gasteiger partial charge in [0, 0.05) is 37.1 Å². The maximum atomic E-state index is 11.5. The van der Waals surface area contributed by atoms with Gasteiger partial charge in [0.25, 0.3) is 0 Å². The van der Waals surface area contributed by atoms with Crippen molar-refractivity contribution in [2.45, 2.75) is 6.42 Å². The van der Waals surface area contributed by atoms with Gasteiger partial charge in [-0.3, -0.25) is 0 Å². The molecule has 0 aromatic carbocycles. The molecule has 0 unspecified atom stereocenters. The molecule has 1 aromatic rings. The molecular weight excluding hydrogens is 282 g/mol. The summed E-state index contributed by atoms with van der Waals surface area (Å²) < 4.78 is 23.0. The molecule has 0 bridgehead atoms. The molecule has 1 aliphatic rings. The maximum absolute atomic E-state index is 11.5. The number of carboxylic acids is 1. The Labute approximate surface area is 116 Å². The van der Waals surface area contributed by atoms with Crippen molar-refractivity contribution >= 4 is 27.8 Å². The summed E-state index contributed by atoms with van der Waals surface area (Å²) in [7, 11) is -2.96. The van der Waals surface area contributed by atoms with Gasteiger partial charge in [0.05, 0.1) is 11.5 Å². The summed E-state index contributed by atoms with van der Waals surface area (Å²) in [4.78, 5) is 20.5. The second-order valence-corrected chi connectivity index (χ2v) is 6.78. The topological polar surface area (TPSA) is 100 Å². The molecule has 7 nitrogen and oxygen atoms in total. The summed E-state index contributed by atoms with van der Waals surface area (Å²) in [6.45, 7) is 0.982. The summed E-state index contributed by atoms with van der Waals surface area (Å²) in [6, 6.07) is 0. The molecule has 1 saturated heterocycles. The van der Waals surface area contributed by atoms with Crippen LogP contribution in [-0.2, 0) is 14.6 Å². The Bertz CT molecular complexity index is 610. The van der Waals surface area contributed by atoms with Crippen LogP contribution in [0.15, 0.2) is 18.5 Å². The second kappa shape index (κ2) is 6.00. The average molecular weight is 297 g/mol. The molecule has 1 aliphatic heterocycles. The number of carbonyl (C=O) groups is 1. The maximum Gasteiger partial charge on any atom is 0.328 e. The quantitative estimate of drug-likeness (QED) is 0.795. The summed E-state index contributed by atoms with van der Waals surface area (Å²) in [5.41, 5.74) is 0.582. The minimum Gasteiger partial charge on any atom is -0.478 e. The number of hydrogen-bond donors (Lipinski definition) is 1. The molecule has 0 amide bonds. The molecule has 8 heteroatoms. The fourth-order valence-electron chi connectivity index (χ4n) is 1.89. The van der Waals surface area contributed by atoms with Crippen LogP contribution in [0.5, 0.6) is 0 Å². The Hall–Kier alpha value is -1.96. The van der Waals surface area contributed by atoms with Gasteiger partial charge in [-0.2, -0.15) is 0 Å². The van der Waals surface area contributed by atoms with E-state index in [2.05, 4.69) is 9.97 Å². The van der Waals surface area contributed by atoms with Crippen molar-refractivity contribution in [2.75, 3.05) is 29.5 Å². The number of anilines is 1. The Morgan fingerprint density at radius 3 is 2.60 bits per heavy atom. The lowest BCUT2D eigenvalue weighted by Crippen LogP contribution is -2.28. The third-order valence-corrected chi connectivity index (χ3v) is 4.63. The van der Waals surface area contributed by atoms with Gasteiger partial charge >= 0.3 is 5.97 Å². The lowest BCUT2D eigenvalue weighted by Gasteiger charge is -2.19. The predicted molar refractivity (Wildman–Crippen MR) is 74.2 cm³/mol. The van der Waals surface area contributed by atoms with Crippen molar-refractivity contribution in [3.05, 3.63) is 24.0 Å². The van der Waals surface area contributed by atoms with Crippen molar-refractivity contribution in [2.24, 2.45) is 0 Å². The SMILES string of the molecule is O=C(O)/C=C/c1cnc(N2CCCS(=O)(=O)CC2)nc1. The van der Waals surface area contributed by atoms with Gasteiger partial charge in [-0.15, -0.1) is 0 Å². The van der Waals surface area contributed by atoms with Crippen LogP contribution in [0.2, 0.25) is 0 Å². The first-order valence-corrected chi connectivity index (χ1v) is 7.97. The van der Waals surface area contributed by atoms with Crippen LogP contribution in [-0.4, -0.2) is 54.1 Å². The zero-order valence-electron chi connectivity index (χ0n) is 10.8. The van der Waals surface area contributed by atoms with Crippen LogP contribution in [0.1, 0.15) is 12.0 Å². The van der Waals surface area contributed by atoms with Crippen LogP contribution in [0.3, 0.4) is 0 Å². The number of carboxylic acid groups (broad SMARTS) is 1. The Morgan fingerprint density at radius 2 is 1.95 bits per heavy atom. The van der Waals surface area contributed by atoms with Gasteiger partial charge in [0.1, 0.15) is 0 Å². The normalized spacial score (nSPS) is 18.9. The first-order valence-electron chi connectivity index (χ1n) is 6.15. The van der Waals surface area contributed by atoms with E-state index in [0.29, 0.717) is 31.0 Å². The first-order chi connectivity index (χ1) is 9.46. The molecule has 20 heavy (non-hydrogen) atoms. The molecule has 2 rings (SSSR count). The molecule has 0 saturated carbocycles. The molecule has 1 fully saturated rings. The van der Waals surface area contributed by atoms with Gasteiger partial charge < -0.3 is 10.0 Å². The fraction of sp³-hybridized carbons (Fsp3) is 0.417. The van der Waals surface area contributed by atoms with Crippen LogP contribution in [0, 0.1) is 0 Å². The molecule has 1 N–H and O–H groups in total. The zero-order chi connectivity index (χ0) is 14.6. The van der Waals surface area contributed by atoms with Crippen molar-refractivity contribution < 1.29 is 18.3 Å². The summed E-state index contributed by atoms with van der Waals surface area (Å²) in [6.07, 6.45) is 6.00. The van der Waals surface area contributed by atoms with Gasteiger partial charge in [-0.25, -0.2) is 23.2 Å². The van der Waals surface area contributed by atoms with E-state index in [-0.39, 0.29) is 11.5 Å². The van der Waals surface area contributed by atoms with E-state index in [0.717, 1.165) is 6.08 Å². The van der Waals surface area contributed by atoms with Crippen molar-refractivity contribution in [1.29, 1.82) is 0 Å². The van der Waals surface area contributed by atoms with E-state index in [4.69, 9.17) is 5.11 Å². The van der Waals surface area contributed by atoms with Gasteiger partial charge in [0.15, 0.2) is 9.84 Å². The van der Waals surface area contributed by atoms with E-state index < -0.39 is 15.8 Å². The van der Waals surface area contributed by atoms with Crippen molar-refractivity contribution in [1.82, 2.24) is 9.97 Å². The number of sulfone groups is 1. The summed E-state index contributed by atoms with van der Waals surface area (Å²) in [5.74, 6) is -0.263. The van der Waals surface area contributed by atoms with Crippen LogP contribution < -0.4 is 4.90 Å². The van der Waals surface area contributed by atoms with Crippen LogP contribution in [0.4, 0.5) is 5.95 Å². The molecule has 1 aromatic heterocycles. The Balaban J connectivity index is 2.08. The van der Waals surface area contributed by atoms with E-state index in [9.17, 15) is 13.2 Å². The minimum absolute atomic E-state index is 0.108. The molecule has 108 valence electrons. The van der Waals surface area contributed by atoms with E-state index in [1.165, 1.54) is 18.5 Å². The van der Waals surface area contributed by atoms with Gasteiger partial charge in [0.2, 0.25) is 5.95 Å². The van der Waals surface area contributed by atoms with Crippen molar-refractivity contribution in [3.63, 3.8) is 0 Å². The van der Waals surface area contributed by atoms with Gasteiger partial charge in [-0.1, -0.05) is 0 Å². The highest BCUT2D eigenvalue weighted by molar-refractivity contribution is 7.91. The number of nitrogens with zero attached hydrogens (tertiary/aromatic N) is 3. The number of hydrogen-bond acceptors (Lipinski definition) is 6. The molecule has 0 aliphatic carbocycles.